The van der Waals surface area contributed by atoms with Crippen molar-refractivity contribution in [2.24, 2.45) is 5.92 Å². The predicted octanol–water partition coefficient (Wildman–Crippen LogP) is 2.23. The van der Waals surface area contributed by atoms with Gasteiger partial charge in [0.2, 0.25) is 10.0 Å². The fourth-order valence-corrected chi connectivity index (χ4v) is 4.23. The van der Waals surface area contributed by atoms with Gasteiger partial charge in [0.05, 0.1) is 6.26 Å². The predicted molar refractivity (Wildman–Crippen MR) is 105 cm³/mol. The Balaban J connectivity index is 1.49. The standard InChI is InChI=1S/C20H25N3O3S/c1-27(25,26)23-11-8-17(9-12-23)13-16-4-6-19(7-5-16)20(24)22-15-18-3-2-10-21-14-18/h2-7,10,14,17H,8-9,11-13,15H2,1H3,(H,22,24). The summed E-state index contributed by atoms with van der Waals surface area (Å²) in [7, 11) is -3.08. The highest BCUT2D eigenvalue weighted by molar-refractivity contribution is 7.88. The van der Waals surface area contributed by atoms with Crippen molar-refractivity contribution >= 4 is 15.9 Å². The van der Waals surface area contributed by atoms with Crippen LogP contribution in [0.1, 0.15) is 34.3 Å². The van der Waals surface area contributed by atoms with Gasteiger partial charge in [0, 0.05) is 37.6 Å². The van der Waals surface area contributed by atoms with E-state index in [4.69, 9.17) is 0 Å². The molecule has 1 amide bonds. The summed E-state index contributed by atoms with van der Waals surface area (Å²) in [4.78, 5) is 16.3. The summed E-state index contributed by atoms with van der Waals surface area (Å²) in [5, 5.41) is 2.89. The van der Waals surface area contributed by atoms with Crippen molar-refractivity contribution in [3.05, 3.63) is 65.5 Å². The third kappa shape index (κ3) is 5.61. The number of rotatable bonds is 6. The molecule has 0 spiro atoms. The van der Waals surface area contributed by atoms with Crippen LogP contribution >= 0.6 is 0 Å². The molecule has 0 atom stereocenters. The highest BCUT2D eigenvalue weighted by Gasteiger charge is 2.24. The number of pyridine rings is 1. The maximum Gasteiger partial charge on any atom is 0.251 e. The topological polar surface area (TPSA) is 79.4 Å². The second kappa shape index (κ2) is 8.63. The molecule has 2 aromatic rings. The van der Waals surface area contributed by atoms with Gasteiger partial charge in [0.25, 0.3) is 5.91 Å². The third-order valence-electron chi connectivity index (χ3n) is 4.96. The fraction of sp³-hybridized carbons (Fsp3) is 0.400. The number of benzene rings is 1. The van der Waals surface area contributed by atoms with Gasteiger partial charge in [-0.05, 0) is 54.5 Å². The highest BCUT2D eigenvalue weighted by Crippen LogP contribution is 2.23. The van der Waals surface area contributed by atoms with E-state index in [0.717, 1.165) is 24.8 Å². The molecule has 6 nitrogen and oxygen atoms in total. The van der Waals surface area contributed by atoms with Crippen molar-refractivity contribution in [2.45, 2.75) is 25.8 Å². The molecule has 1 aliphatic rings. The number of carbonyl (C=O) groups excluding carboxylic acids is 1. The van der Waals surface area contributed by atoms with Crippen molar-refractivity contribution in [1.29, 1.82) is 0 Å². The molecule has 27 heavy (non-hydrogen) atoms. The molecular formula is C20H25N3O3S. The summed E-state index contributed by atoms with van der Waals surface area (Å²) in [6.07, 6.45) is 7.37. The van der Waals surface area contributed by atoms with Crippen LogP contribution in [-0.2, 0) is 23.0 Å². The van der Waals surface area contributed by atoms with E-state index >= 15 is 0 Å². The molecule has 7 heteroatoms. The quantitative estimate of drug-likeness (QED) is 0.824. The summed E-state index contributed by atoms with van der Waals surface area (Å²) in [5.41, 5.74) is 2.77. The molecule has 0 unspecified atom stereocenters. The summed E-state index contributed by atoms with van der Waals surface area (Å²) in [6, 6.07) is 11.4. The Morgan fingerprint density at radius 3 is 2.44 bits per heavy atom. The van der Waals surface area contributed by atoms with Crippen LogP contribution in [0.15, 0.2) is 48.8 Å². The first-order valence-corrected chi connectivity index (χ1v) is 11.0. The summed E-state index contributed by atoms with van der Waals surface area (Å²) >= 11 is 0. The zero-order chi connectivity index (χ0) is 19.3. The Labute approximate surface area is 160 Å². The van der Waals surface area contributed by atoms with Crippen LogP contribution in [0.25, 0.3) is 0 Å². The van der Waals surface area contributed by atoms with Gasteiger partial charge >= 0.3 is 0 Å². The largest absolute Gasteiger partial charge is 0.348 e. The summed E-state index contributed by atoms with van der Waals surface area (Å²) in [6.45, 7) is 1.64. The molecule has 1 fully saturated rings. The third-order valence-corrected chi connectivity index (χ3v) is 6.26. The second-order valence-corrected chi connectivity index (χ2v) is 9.03. The molecule has 2 heterocycles. The number of piperidine rings is 1. The zero-order valence-corrected chi connectivity index (χ0v) is 16.3. The fourth-order valence-electron chi connectivity index (χ4n) is 3.36. The molecule has 1 N–H and O–H groups in total. The first kappa shape index (κ1) is 19.5. The molecule has 1 aromatic heterocycles. The lowest BCUT2D eigenvalue weighted by molar-refractivity contribution is 0.0951. The molecule has 0 bridgehead atoms. The highest BCUT2D eigenvalue weighted by atomic mass is 32.2. The normalized spacial score (nSPS) is 16.2. The van der Waals surface area contributed by atoms with Gasteiger partial charge in [-0.1, -0.05) is 18.2 Å². The minimum absolute atomic E-state index is 0.105. The first-order chi connectivity index (χ1) is 12.9. The minimum Gasteiger partial charge on any atom is -0.348 e. The number of hydrogen-bond donors (Lipinski definition) is 1. The van der Waals surface area contributed by atoms with Crippen LogP contribution < -0.4 is 5.32 Å². The second-order valence-electron chi connectivity index (χ2n) is 7.05. The van der Waals surface area contributed by atoms with Gasteiger partial charge < -0.3 is 5.32 Å². The van der Waals surface area contributed by atoms with Gasteiger partial charge in [-0.2, -0.15) is 0 Å². The molecule has 144 valence electrons. The van der Waals surface area contributed by atoms with Gasteiger partial charge in [-0.25, -0.2) is 12.7 Å². The molecule has 0 saturated carbocycles. The minimum atomic E-state index is -3.08. The average Bonchev–Trinajstić information content (AvgIpc) is 2.67. The van der Waals surface area contributed by atoms with Crippen molar-refractivity contribution < 1.29 is 13.2 Å². The number of hydrogen-bond acceptors (Lipinski definition) is 4. The van der Waals surface area contributed by atoms with Crippen LogP contribution in [0, 0.1) is 5.92 Å². The average molecular weight is 388 g/mol. The van der Waals surface area contributed by atoms with E-state index in [-0.39, 0.29) is 5.91 Å². The van der Waals surface area contributed by atoms with Crippen molar-refractivity contribution in [2.75, 3.05) is 19.3 Å². The number of nitrogens with one attached hydrogen (secondary N) is 1. The van der Waals surface area contributed by atoms with E-state index in [2.05, 4.69) is 10.3 Å². The Morgan fingerprint density at radius 1 is 1.15 bits per heavy atom. The lowest BCUT2D eigenvalue weighted by Crippen LogP contribution is -2.38. The molecule has 1 saturated heterocycles. The van der Waals surface area contributed by atoms with Crippen molar-refractivity contribution in [3.63, 3.8) is 0 Å². The van der Waals surface area contributed by atoms with Crippen LogP contribution in [0.2, 0.25) is 0 Å². The Hall–Kier alpha value is -2.25. The summed E-state index contributed by atoms with van der Waals surface area (Å²) in [5.74, 6) is 0.375. The smallest absolute Gasteiger partial charge is 0.251 e. The van der Waals surface area contributed by atoms with Crippen LogP contribution in [0.3, 0.4) is 0 Å². The molecule has 1 aliphatic heterocycles. The molecule has 0 radical (unpaired) electrons. The molecule has 3 rings (SSSR count). The van der Waals surface area contributed by atoms with Gasteiger partial charge in [0.1, 0.15) is 0 Å². The number of sulfonamides is 1. The van der Waals surface area contributed by atoms with E-state index in [1.54, 1.807) is 16.7 Å². The van der Waals surface area contributed by atoms with E-state index < -0.39 is 10.0 Å². The number of amides is 1. The first-order valence-electron chi connectivity index (χ1n) is 9.13. The molecule has 0 aliphatic carbocycles. The van der Waals surface area contributed by atoms with Crippen LogP contribution in [0.5, 0.6) is 0 Å². The maximum absolute atomic E-state index is 12.3. The summed E-state index contributed by atoms with van der Waals surface area (Å²) < 4.78 is 24.7. The lowest BCUT2D eigenvalue weighted by atomic mass is 9.91. The van der Waals surface area contributed by atoms with E-state index in [9.17, 15) is 13.2 Å². The Bertz CT molecular complexity index is 859. The van der Waals surface area contributed by atoms with Crippen LogP contribution in [-0.4, -0.2) is 43.0 Å². The van der Waals surface area contributed by atoms with E-state index in [1.165, 1.54) is 11.8 Å². The monoisotopic (exact) mass is 387 g/mol. The lowest BCUT2D eigenvalue weighted by Gasteiger charge is -2.30. The Kier molecular flexibility index (Phi) is 6.23. The van der Waals surface area contributed by atoms with Gasteiger partial charge in [-0.3, -0.25) is 9.78 Å². The van der Waals surface area contributed by atoms with Crippen molar-refractivity contribution in [3.8, 4) is 0 Å². The van der Waals surface area contributed by atoms with Crippen molar-refractivity contribution in [1.82, 2.24) is 14.6 Å². The van der Waals surface area contributed by atoms with Crippen LogP contribution in [0.4, 0.5) is 0 Å². The SMILES string of the molecule is CS(=O)(=O)N1CCC(Cc2ccc(C(=O)NCc3cccnc3)cc2)CC1. The van der Waals surface area contributed by atoms with E-state index in [1.807, 2.05) is 36.4 Å². The van der Waals surface area contributed by atoms with Gasteiger partial charge in [0.15, 0.2) is 0 Å². The Morgan fingerprint density at radius 2 is 1.85 bits per heavy atom. The number of carbonyl (C=O) groups is 1. The number of aromatic nitrogens is 1. The molecular weight excluding hydrogens is 362 g/mol. The molecule has 1 aromatic carbocycles. The van der Waals surface area contributed by atoms with E-state index in [0.29, 0.717) is 31.1 Å². The zero-order valence-electron chi connectivity index (χ0n) is 15.5. The number of nitrogens with zero attached hydrogens (tertiary/aromatic N) is 2. The van der Waals surface area contributed by atoms with Gasteiger partial charge in [-0.15, -0.1) is 0 Å². The maximum atomic E-state index is 12.3.